The van der Waals surface area contributed by atoms with Crippen LogP contribution in [0, 0.1) is 5.92 Å². The molecule has 2 aliphatic heterocycles. The van der Waals surface area contributed by atoms with Crippen LogP contribution in [0.2, 0.25) is 5.02 Å². The van der Waals surface area contributed by atoms with Gasteiger partial charge in [0, 0.05) is 62.7 Å². The van der Waals surface area contributed by atoms with Crippen molar-refractivity contribution in [3.63, 3.8) is 0 Å². The molecule has 0 bridgehead atoms. The van der Waals surface area contributed by atoms with E-state index in [2.05, 4.69) is 15.3 Å². The highest BCUT2D eigenvalue weighted by Gasteiger charge is 2.37. The topological polar surface area (TPSA) is 106 Å². The number of hydrogen-bond donors (Lipinski definition) is 2. The van der Waals surface area contributed by atoms with Crippen molar-refractivity contribution in [2.24, 2.45) is 5.92 Å². The Morgan fingerprint density at radius 3 is 2.37 bits per heavy atom. The Labute approximate surface area is 243 Å². The van der Waals surface area contributed by atoms with Crippen LogP contribution in [-0.4, -0.2) is 81.6 Å². The SMILES string of the molecule is CN(C)C(=O)C1CN(C(=O)c2ccc(Nc3nc4c(N5CCC(O)(c6ccc(Cl)cc6)CC5)cccn4n3)cc2)C1. The number of piperidine rings is 1. The molecule has 6 rings (SSSR count). The number of carbonyl (C=O) groups is 2. The minimum atomic E-state index is -0.888. The third kappa shape index (κ3) is 5.32. The van der Waals surface area contributed by atoms with Gasteiger partial charge in [0.2, 0.25) is 11.9 Å². The van der Waals surface area contributed by atoms with E-state index < -0.39 is 5.60 Å². The molecule has 11 heteroatoms. The van der Waals surface area contributed by atoms with Gasteiger partial charge in [0.05, 0.1) is 17.2 Å². The Morgan fingerprint density at radius 1 is 1.02 bits per heavy atom. The molecule has 2 aromatic carbocycles. The molecule has 0 spiro atoms. The first kappa shape index (κ1) is 27.0. The Balaban J connectivity index is 1.11. The molecule has 2 aromatic heterocycles. The lowest BCUT2D eigenvalue weighted by Crippen LogP contribution is -2.55. The number of benzene rings is 2. The lowest BCUT2D eigenvalue weighted by Gasteiger charge is -2.39. The third-order valence-electron chi connectivity index (χ3n) is 8.00. The van der Waals surface area contributed by atoms with Gasteiger partial charge in [-0.1, -0.05) is 23.7 Å². The second-order valence-corrected chi connectivity index (χ2v) is 11.4. The maximum Gasteiger partial charge on any atom is 0.253 e. The minimum absolute atomic E-state index is 0.0523. The molecule has 10 nitrogen and oxygen atoms in total. The number of rotatable bonds is 6. The quantitative estimate of drug-likeness (QED) is 0.362. The summed E-state index contributed by atoms with van der Waals surface area (Å²) < 4.78 is 1.74. The fraction of sp³-hybridized carbons (Fsp3) is 0.333. The highest BCUT2D eigenvalue weighted by atomic mass is 35.5. The number of likely N-dealkylation sites (tertiary alicyclic amines) is 1. The van der Waals surface area contributed by atoms with Crippen LogP contribution in [0.25, 0.3) is 5.65 Å². The van der Waals surface area contributed by atoms with Crippen LogP contribution in [0.3, 0.4) is 0 Å². The smallest absolute Gasteiger partial charge is 0.253 e. The van der Waals surface area contributed by atoms with E-state index in [9.17, 15) is 14.7 Å². The van der Waals surface area contributed by atoms with Crippen LogP contribution in [0.1, 0.15) is 28.8 Å². The molecule has 2 N–H and O–H groups in total. The van der Waals surface area contributed by atoms with Gasteiger partial charge < -0.3 is 25.1 Å². The fourth-order valence-electron chi connectivity index (χ4n) is 5.53. The predicted molar refractivity (Wildman–Crippen MR) is 158 cm³/mol. The van der Waals surface area contributed by atoms with Crippen molar-refractivity contribution in [1.82, 2.24) is 24.4 Å². The molecule has 0 atom stereocenters. The second kappa shape index (κ2) is 10.7. The van der Waals surface area contributed by atoms with Crippen molar-refractivity contribution < 1.29 is 14.7 Å². The van der Waals surface area contributed by atoms with Crippen molar-refractivity contribution in [3.8, 4) is 0 Å². The number of carbonyl (C=O) groups excluding carboxylic acids is 2. The number of halogens is 1. The number of anilines is 3. The third-order valence-corrected chi connectivity index (χ3v) is 8.25. The normalized spacial score (nSPS) is 16.9. The first-order chi connectivity index (χ1) is 19.7. The van der Waals surface area contributed by atoms with Gasteiger partial charge in [-0.2, -0.15) is 4.98 Å². The van der Waals surface area contributed by atoms with Gasteiger partial charge in [-0.25, -0.2) is 4.52 Å². The van der Waals surface area contributed by atoms with Gasteiger partial charge in [0.1, 0.15) is 0 Å². The number of nitrogens with zero attached hydrogens (tertiary/aromatic N) is 6. The Kier molecular flexibility index (Phi) is 7.04. The number of nitrogens with one attached hydrogen (secondary N) is 1. The summed E-state index contributed by atoms with van der Waals surface area (Å²) in [5.41, 5.74) is 3.00. The molecule has 0 radical (unpaired) electrons. The zero-order chi connectivity index (χ0) is 28.7. The molecule has 2 amide bonds. The molecule has 0 unspecified atom stereocenters. The first-order valence-corrected chi connectivity index (χ1v) is 14.0. The van der Waals surface area contributed by atoms with E-state index in [-0.39, 0.29) is 17.7 Å². The number of aromatic nitrogens is 3. The molecule has 41 heavy (non-hydrogen) atoms. The lowest BCUT2D eigenvalue weighted by molar-refractivity contribution is -0.137. The molecular formula is C30H32ClN7O3. The highest BCUT2D eigenvalue weighted by molar-refractivity contribution is 6.30. The van der Waals surface area contributed by atoms with Gasteiger partial charge >= 0.3 is 0 Å². The Morgan fingerprint density at radius 2 is 1.71 bits per heavy atom. The van der Waals surface area contributed by atoms with Gasteiger partial charge in [-0.05, 0) is 66.9 Å². The van der Waals surface area contributed by atoms with Crippen molar-refractivity contribution in [3.05, 3.63) is 83.0 Å². The monoisotopic (exact) mass is 573 g/mol. The number of hydrogen-bond acceptors (Lipinski definition) is 7. The van der Waals surface area contributed by atoms with E-state index in [1.165, 1.54) is 0 Å². The summed E-state index contributed by atoms with van der Waals surface area (Å²) >= 11 is 6.03. The zero-order valence-corrected chi connectivity index (χ0v) is 23.8. The Hall–Kier alpha value is -4.15. The minimum Gasteiger partial charge on any atom is -0.385 e. The number of fused-ring (bicyclic) bond motifs is 1. The average molecular weight is 574 g/mol. The van der Waals surface area contributed by atoms with Gasteiger partial charge in [-0.15, -0.1) is 5.10 Å². The molecule has 212 valence electrons. The van der Waals surface area contributed by atoms with E-state index in [0.717, 1.165) is 22.6 Å². The van der Waals surface area contributed by atoms with Crippen molar-refractivity contribution >= 4 is 46.4 Å². The van der Waals surface area contributed by atoms with E-state index in [0.29, 0.717) is 55.6 Å². The maximum atomic E-state index is 12.8. The van der Waals surface area contributed by atoms with Crippen LogP contribution >= 0.6 is 11.6 Å². The summed E-state index contributed by atoms with van der Waals surface area (Å²) in [5.74, 6) is 0.287. The molecule has 0 aliphatic carbocycles. The molecule has 4 heterocycles. The molecule has 2 aliphatic rings. The summed E-state index contributed by atoms with van der Waals surface area (Å²) in [6, 6.07) is 18.6. The zero-order valence-electron chi connectivity index (χ0n) is 23.0. The molecule has 0 saturated carbocycles. The standard InChI is InChI=1S/C30H32ClN7O3/c1-35(2)27(39)21-18-37(19-21)28(40)20-5-11-24(12-6-20)32-29-33-26-25(4-3-15-38(26)34-29)36-16-13-30(41,14-17-36)22-7-9-23(31)10-8-22/h3-12,15,21,41H,13-14,16-19H2,1-2H3,(H,32,34). The number of pyridine rings is 1. The van der Waals surface area contributed by atoms with Crippen molar-refractivity contribution in [2.75, 3.05) is 50.5 Å². The van der Waals surface area contributed by atoms with Gasteiger partial charge in [-0.3, -0.25) is 9.59 Å². The van der Waals surface area contributed by atoms with Crippen molar-refractivity contribution in [2.45, 2.75) is 18.4 Å². The van der Waals surface area contributed by atoms with Gasteiger partial charge in [0.15, 0.2) is 5.65 Å². The fourth-order valence-corrected chi connectivity index (χ4v) is 5.66. The summed E-state index contributed by atoms with van der Waals surface area (Å²) in [5, 5.41) is 19.8. The van der Waals surface area contributed by atoms with E-state index >= 15 is 0 Å². The average Bonchev–Trinajstić information content (AvgIpc) is 3.36. The maximum absolute atomic E-state index is 12.8. The number of amides is 2. The molecule has 2 fully saturated rings. The van der Waals surface area contributed by atoms with E-state index in [1.807, 2.05) is 54.7 Å². The summed E-state index contributed by atoms with van der Waals surface area (Å²) in [6.07, 6.45) is 3.03. The van der Waals surface area contributed by atoms with Crippen molar-refractivity contribution in [1.29, 1.82) is 0 Å². The van der Waals surface area contributed by atoms with E-state index in [4.69, 9.17) is 16.6 Å². The summed E-state index contributed by atoms with van der Waals surface area (Å²) in [7, 11) is 3.46. The van der Waals surface area contributed by atoms with Crippen LogP contribution in [0.15, 0.2) is 66.9 Å². The summed E-state index contributed by atoms with van der Waals surface area (Å²) in [6.45, 7) is 2.23. The summed E-state index contributed by atoms with van der Waals surface area (Å²) in [4.78, 5) is 35.1. The van der Waals surface area contributed by atoms with Crippen LogP contribution in [-0.2, 0) is 10.4 Å². The molecule has 2 saturated heterocycles. The highest BCUT2D eigenvalue weighted by Crippen LogP contribution is 2.36. The van der Waals surface area contributed by atoms with Crippen LogP contribution in [0.4, 0.5) is 17.3 Å². The number of aliphatic hydroxyl groups is 1. The lowest BCUT2D eigenvalue weighted by atomic mass is 9.84. The Bertz CT molecular complexity index is 1570. The first-order valence-electron chi connectivity index (χ1n) is 13.7. The molecule has 4 aromatic rings. The van der Waals surface area contributed by atoms with Crippen LogP contribution < -0.4 is 10.2 Å². The second-order valence-electron chi connectivity index (χ2n) is 11.0. The van der Waals surface area contributed by atoms with Gasteiger partial charge in [0.25, 0.3) is 5.91 Å². The predicted octanol–water partition coefficient (Wildman–Crippen LogP) is 3.77. The molecular weight excluding hydrogens is 542 g/mol. The van der Waals surface area contributed by atoms with Crippen LogP contribution in [0.5, 0.6) is 0 Å². The van der Waals surface area contributed by atoms with E-state index in [1.54, 1.807) is 40.5 Å². The largest absolute Gasteiger partial charge is 0.385 e.